The first-order chi connectivity index (χ1) is 12.2. The van der Waals surface area contributed by atoms with Crippen LogP contribution in [0.2, 0.25) is 0 Å². The number of hydrogen-bond acceptors (Lipinski definition) is 4. The standard InChI is InChI=1S/C20H22FN3O/c1-15-19(10-11-23-20(15)18(21)14-22-2)25-17-8-6-16(7-9-17)24-12-4-3-5-13-24/h6-11,14H,2-5,12-13H2,1H3/b18-14+. The van der Waals surface area contributed by atoms with Gasteiger partial charge in [0.15, 0.2) is 5.83 Å². The number of nitrogens with zero attached hydrogens (tertiary/aromatic N) is 3. The fraction of sp³-hybridized carbons (Fsp3) is 0.300. The third-order valence-corrected chi connectivity index (χ3v) is 4.37. The van der Waals surface area contributed by atoms with E-state index in [-0.39, 0.29) is 5.69 Å². The highest BCUT2D eigenvalue weighted by Crippen LogP contribution is 2.31. The Balaban J connectivity index is 1.77. The van der Waals surface area contributed by atoms with Crippen molar-refractivity contribution in [3.8, 4) is 11.5 Å². The van der Waals surface area contributed by atoms with Gasteiger partial charge in [0.1, 0.15) is 17.2 Å². The van der Waals surface area contributed by atoms with E-state index in [1.54, 1.807) is 13.0 Å². The first kappa shape index (κ1) is 17.1. The topological polar surface area (TPSA) is 37.7 Å². The van der Waals surface area contributed by atoms with Gasteiger partial charge in [-0.1, -0.05) is 0 Å². The van der Waals surface area contributed by atoms with Gasteiger partial charge in [-0.25, -0.2) is 4.39 Å². The first-order valence-electron chi connectivity index (χ1n) is 8.49. The van der Waals surface area contributed by atoms with Crippen LogP contribution in [0.1, 0.15) is 30.5 Å². The summed E-state index contributed by atoms with van der Waals surface area (Å²) in [6.07, 6.45) is 6.38. The van der Waals surface area contributed by atoms with Crippen molar-refractivity contribution in [3.05, 3.63) is 54.0 Å². The molecule has 1 aromatic carbocycles. The summed E-state index contributed by atoms with van der Waals surface area (Å²) in [6, 6.07) is 9.76. The minimum atomic E-state index is -0.529. The molecule has 1 fully saturated rings. The van der Waals surface area contributed by atoms with E-state index in [2.05, 4.69) is 33.7 Å². The van der Waals surface area contributed by atoms with Crippen molar-refractivity contribution in [2.45, 2.75) is 26.2 Å². The average Bonchev–Trinajstić information content (AvgIpc) is 2.65. The molecule has 0 amide bonds. The van der Waals surface area contributed by atoms with Gasteiger partial charge in [-0.3, -0.25) is 9.98 Å². The van der Waals surface area contributed by atoms with E-state index >= 15 is 0 Å². The number of rotatable bonds is 5. The predicted molar refractivity (Wildman–Crippen MR) is 100 cm³/mol. The molecular formula is C20H22FN3O. The molecule has 25 heavy (non-hydrogen) atoms. The van der Waals surface area contributed by atoms with E-state index in [9.17, 15) is 4.39 Å². The molecule has 5 heteroatoms. The van der Waals surface area contributed by atoms with Crippen LogP contribution in [-0.4, -0.2) is 24.8 Å². The van der Waals surface area contributed by atoms with Gasteiger partial charge >= 0.3 is 0 Å². The Kier molecular flexibility index (Phi) is 5.43. The van der Waals surface area contributed by atoms with Crippen LogP contribution in [0.3, 0.4) is 0 Å². The van der Waals surface area contributed by atoms with Crippen molar-refractivity contribution in [2.75, 3.05) is 18.0 Å². The largest absolute Gasteiger partial charge is 0.457 e. The number of benzene rings is 1. The molecule has 0 spiro atoms. The van der Waals surface area contributed by atoms with E-state index in [1.165, 1.54) is 31.1 Å². The van der Waals surface area contributed by atoms with Gasteiger partial charge in [-0.2, -0.15) is 0 Å². The molecule has 1 aliphatic heterocycles. The Labute approximate surface area is 147 Å². The molecule has 0 radical (unpaired) electrons. The molecule has 0 unspecified atom stereocenters. The van der Waals surface area contributed by atoms with E-state index < -0.39 is 5.83 Å². The molecule has 130 valence electrons. The van der Waals surface area contributed by atoms with Gasteiger partial charge < -0.3 is 9.64 Å². The maximum Gasteiger partial charge on any atom is 0.167 e. The van der Waals surface area contributed by atoms with Crippen LogP contribution < -0.4 is 9.64 Å². The summed E-state index contributed by atoms with van der Waals surface area (Å²) in [4.78, 5) is 9.90. The van der Waals surface area contributed by atoms with Crippen molar-refractivity contribution < 1.29 is 9.13 Å². The summed E-state index contributed by atoms with van der Waals surface area (Å²) in [5.74, 6) is 0.758. The molecule has 2 heterocycles. The summed E-state index contributed by atoms with van der Waals surface area (Å²) in [6.45, 7) is 7.25. The number of pyridine rings is 1. The fourth-order valence-corrected chi connectivity index (χ4v) is 3.01. The second-order valence-electron chi connectivity index (χ2n) is 6.09. The van der Waals surface area contributed by atoms with Crippen molar-refractivity contribution in [3.63, 3.8) is 0 Å². The second-order valence-corrected chi connectivity index (χ2v) is 6.09. The van der Waals surface area contributed by atoms with Gasteiger partial charge in [0.2, 0.25) is 0 Å². The molecule has 0 N–H and O–H groups in total. The smallest absolute Gasteiger partial charge is 0.167 e. The Morgan fingerprint density at radius 1 is 1.20 bits per heavy atom. The number of aliphatic imine (C=N–C) groups is 1. The lowest BCUT2D eigenvalue weighted by molar-refractivity contribution is 0.477. The molecule has 0 atom stereocenters. The highest BCUT2D eigenvalue weighted by Gasteiger charge is 2.13. The molecule has 0 bridgehead atoms. The zero-order valence-electron chi connectivity index (χ0n) is 14.4. The predicted octanol–water partition coefficient (Wildman–Crippen LogP) is 5.14. The highest BCUT2D eigenvalue weighted by molar-refractivity contribution is 5.62. The average molecular weight is 339 g/mol. The van der Waals surface area contributed by atoms with Crippen LogP contribution in [-0.2, 0) is 0 Å². The number of aromatic nitrogens is 1. The number of hydrogen-bond donors (Lipinski definition) is 0. The van der Waals surface area contributed by atoms with Gasteiger partial charge in [0.05, 0.1) is 6.20 Å². The van der Waals surface area contributed by atoms with Gasteiger partial charge in [0.25, 0.3) is 0 Å². The van der Waals surface area contributed by atoms with Crippen molar-refractivity contribution in [1.29, 1.82) is 0 Å². The number of anilines is 1. The third kappa shape index (κ3) is 4.05. The quantitative estimate of drug-likeness (QED) is 0.708. The summed E-state index contributed by atoms with van der Waals surface area (Å²) >= 11 is 0. The Morgan fingerprint density at radius 3 is 2.60 bits per heavy atom. The number of piperidine rings is 1. The van der Waals surface area contributed by atoms with Crippen LogP contribution in [0.5, 0.6) is 11.5 Å². The third-order valence-electron chi connectivity index (χ3n) is 4.37. The molecule has 0 saturated carbocycles. The van der Waals surface area contributed by atoms with E-state index in [1.807, 2.05) is 12.1 Å². The zero-order chi connectivity index (χ0) is 17.6. The van der Waals surface area contributed by atoms with Gasteiger partial charge in [0, 0.05) is 30.5 Å². The lowest BCUT2D eigenvalue weighted by atomic mass is 10.1. The lowest BCUT2D eigenvalue weighted by Crippen LogP contribution is -2.29. The molecule has 1 aliphatic rings. The molecular weight excluding hydrogens is 317 g/mol. The van der Waals surface area contributed by atoms with Crippen LogP contribution >= 0.6 is 0 Å². The first-order valence-corrected chi connectivity index (χ1v) is 8.49. The second kappa shape index (κ2) is 7.92. The van der Waals surface area contributed by atoms with Crippen molar-refractivity contribution in [2.24, 2.45) is 4.99 Å². The van der Waals surface area contributed by atoms with E-state index in [4.69, 9.17) is 4.74 Å². The lowest BCUT2D eigenvalue weighted by Gasteiger charge is -2.28. The van der Waals surface area contributed by atoms with Gasteiger partial charge in [-0.15, -0.1) is 0 Å². The molecule has 3 rings (SSSR count). The minimum absolute atomic E-state index is 0.217. The summed E-state index contributed by atoms with van der Waals surface area (Å²) < 4.78 is 19.9. The normalized spacial score (nSPS) is 15.1. The maximum atomic E-state index is 14.0. The molecule has 1 saturated heterocycles. The number of ether oxygens (including phenoxy) is 1. The highest BCUT2D eigenvalue weighted by atomic mass is 19.1. The SMILES string of the molecule is C=N/C=C(/F)c1nccc(Oc2ccc(N3CCCCC3)cc2)c1C. The maximum absolute atomic E-state index is 14.0. The fourth-order valence-electron chi connectivity index (χ4n) is 3.01. The summed E-state index contributed by atoms with van der Waals surface area (Å²) in [5.41, 5.74) is 2.06. The Morgan fingerprint density at radius 2 is 1.92 bits per heavy atom. The van der Waals surface area contributed by atoms with Crippen LogP contribution in [0.25, 0.3) is 5.83 Å². The van der Waals surface area contributed by atoms with Crippen molar-refractivity contribution >= 4 is 18.2 Å². The Hall–Kier alpha value is -2.69. The molecule has 4 nitrogen and oxygen atoms in total. The van der Waals surface area contributed by atoms with Crippen molar-refractivity contribution in [1.82, 2.24) is 4.98 Å². The summed E-state index contributed by atoms with van der Waals surface area (Å²) in [5, 5.41) is 0. The molecule has 2 aromatic rings. The summed E-state index contributed by atoms with van der Waals surface area (Å²) in [7, 11) is 0. The molecule has 0 aliphatic carbocycles. The molecule has 1 aromatic heterocycles. The van der Waals surface area contributed by atoms with Gasteiger partial charge in [-0.05, 0) is 63.2 Å². The Bertz CT molecular complexity index is 765. The van der Waals surface area contributed by atoms with E-state index in [0.29, 0.717) is 17.1 Å². The van der Waals surface area contributed by atoms with Crippen LogP contribution in [0, 0.1) is 6.92 Å². The minimum Gasteiger partial charge on any atom is -0.457 e. The van der Waals surface area contributed by atoms with Crippen LogP contribution in [0.15, 0.2) is 47.7 Å². The number of halogens is 1. The van der Waals surface area contributed by atoms with Crippen LogP contribution in [0.4, 0.5) is 10.1 Å². The zero-order valence-corrected chi connectivity index (χ0v) is 14.4. The monoisotopic (exact) mass is 339 g/mol. The van der Waals surface area contributed by atoms with E-state index in [0.717, 1.165) is 19.3 Å².